The van der Waals surface area contributed by atoms with Gasteiger partial charge < -0.3 is 9.42 Å². The first kappa shape index (κ1) is 19.6. The molecule has 1 aromatic heterocycles. The summed E-state index contributed by atoms with van der Waals surface area (Å²) in [5.41, 5.74) is 0.322. The number of carbonyl (C=O) groups is 1. The molecule has 0 saturated carbocycles. The topological polar surface area (TPSA) is 59.2 Å². The third kappa shape index (κ3) is 5.63. The minimum atomic E-state index is -0.316. The number of benzene rings is 1. The summed E-state index contributed by atoms with van der Waals surface area (Å²) in [5, 5.41) is 3.97. The molecule has 1 heterocycles. The molecule has 0 saturated heterocycles. The zero-order valence-electron chi connectivity index (χ0n) is 15.0. The van der Waals surface area contributed by atoms with E-state index in [-0.39, 0.29) is 23.7 Å². The highest BCUT2D eigenvalue weighted by Crippen LogP contribution is 2.19. The maximum atomic E-state index is 13.8. The normalized spacial score (nSPS) is 11.6. The maximum absolute atomic E-state index is 13.8. The standard InChI is InChI=1S/C18H23BrFN3O2/c1-18(2,3)17-21-15(25-22-17)6-5-7-16(24)23(4)11-12-10-13(19)8-9-14(12)20/h8-10H,5-7,11H2,1-4H3. The van der Waals surface area contributed by atoms with E-state index in [9.17, 15) is 9.18 Å². The average molecular weight is 412 g/mol. The van der Waals surface area contributed by atoms with Crippen LogP contribution >= 0.6 is 15.9 Å². The van der Waals surface area contributed by atoms with Gasteiger partial charge in [-0.3, -0.25) is 4.79 Å². The quantitative estimate of drug-likeness (QED) is 0.712. The lowest BCUT2D eigenvalue weighted by Gasteiger charge is -2.17. The second-order valence-electron chi connectivity index (χ2n) is 7.10. The van der Waals surface area contributed by atoms with Crippen LogP contribution in [0.4, 0.5) is 4.39 Å². The molecule has 1 amide bonds. The Kier molecular flexibility index (Phi) is 6.32. The van der Waals surface area contributed by atoms with E-state index >= 15 is 0 Å². The molecule has 5 nitrogen and oxygen atoms in total. The summed E-state index contributed by atoms with van der Waals surface area (Å²) in [6, 6.07) is 4.71. The van der Waals surface area contributed by atoms with Gasteiger partial charge >= 0.3 is 0 Å². The van der Waals surface area contributed by atoms with E-state index < -0.39 is 0 Å². The van der Waals surface area contributed by atoms with Crippen LogP contribution in [-0.4, -0.2) is 28.0 Å². The molecule has 1 aromatic carbocycles. The maximum Gasteiger partial charge on any atom is 0.226 e. The van der Waals surface area contributed by atoms with Gasteiger partial charge in [-0.05, 0) is 24.6 Å². The van der Waals surface area contributed by atoms with E-state index in [1.165, 1.54) is 11.0 Å². The van der Waals surface area contributed by atoms with Crippen LogP contribution in [-0.2, 0) is 23.2 Å². The molecular weight excluding hydrogens is 389 g/mol. The van der Waals surface area contributed by atoms with Crippen LogP contribution < -0.4 is 0 Å². The molecule has 0 spiro atoms. The summed E-state index contributed by atoms with van der Waals surface area (Å²) in [5.74, 6) is 0.841. The minimum absolute atomic E-state index is 0.0464. The van der Waals surface area contributed by atoms with E-state index in [4.69, 9.17) is 4.52 Å². The monoisotopic (exact) mass is 411 g/mol. The van der Waals surface area contributed by atoms with Gasteiger partial charge in [0.1, 0.15) is 5.82 Å². The van der Waals surface area contributed by atoms with Crippen LogP contribution in [0.3, 0.4) is 0 Å². The first-order chi connectivity index (χ1) is 11.7. The Morgan fingerprint density at radius 1 is 1.36 bits per heavy atom. The van der Waals surface area contributed by atoms with Gasteiger partial charge in [0, 0.05) is 41.9 Å². The fourth-order valence-corrected chi connectivity index (χ4v) is 2.66. The Morgan fingerprint density at radius 2 is 2.08 bits per heavy atom. The number of aromatic nitrogens is 2. The Hall–Kier alpha value is -1.76. The molecule has 0 aliphatic rings. The van der Waals surface area contributed by atoms with E-state index in [1.807, 2.05) is 20.8 Å². The highest BCUT2D eigenvalue weighted by atomic mass is 79.9. The van der Waals surface area contributed by atoms with Gasteiger partial charge in [-0.2, -0.15) is 4.98 Å². The van der Waals surface area contributed by atoms with Crippen molar-refractivity contribution < 1.29 is 13.7 Å². The summed E-state index contributed by atoms with van der Waals surface area (Å²) < 4.78 is 19.8. The highest BCUT2D eigenvalue weighted by molar-refractivity contribution is 9.10. The third-order valence-electron chi connectivity index (χ3n) is 3.76. The molecule has 0 bridgehead atoms. The summed E-state index contributed by atoms with van der Waals surface area (Å²) in [6.45, 7) is 6.28. The summed E-state index contributed by atoms with van der Waals surface area (Å²) in [4.78, 5) is 18.1. The minimum Gasteiger partial charge on any atom is -0.341 e. The van der Waals surface area contributed by atoms with Crippen LogP contribution in [0.2, 0.25) is 0 Å². The number of rotatable bonds is 6. The van der Waals surface area contributed by atoms with E-state index in [1.54, 1.807) is 19.2 Å². The lowest BCUT2D eigenvalue weighted by molar-refractivity contribution is -0.130. The number of halogens is 2. The van der Waals surface area contributed by atoms with Crippen molar-refractivity contribution >= 4 is 21.8 Å². The predicted molar refractivity (Wildman–Crippen MR) is 96.5 cm³/mol. The molecular formula is C18H23BrFN3O2. The lowest BCUT2D eigenvalue weighted by Crippen LogP contribution is -2.26. The molecule has 2 aromatic rings. The van der Waals surface area contributed by atoms with Crippen molar-refractivity contribution in [3.8, 4) is 0 Å². The number of hydrogen-bond acceptors (Lipinski definition) is 4. The molecule has 0 atom stereocenters. The Labute approximate surface area is 155 Å². The van der Waals surface area contributed by atoms with Crippen LogP contribution in [0.25, 0.3) is 0 Å². The van der Waals surface area contributed by atoms with Crippen molar-refractivity contribution in [2.24, 2.45) is 0 Å². The van der Waals surface area contributed by atoms with Gasteiger partial charge in [0.25, 0.3) is 0 Å². The van der Waals surface area contributed by atoms with Gasteiger partial charge in [-0.25, -0.2) is 4.39 Å². The summed E-state index contributed by atoms with van der Waals surface area (Å²) in [6.07, 6.45) is 1.50. The van der Waals surface area contributed by atoms with Crippen molar-refractivity contribution in [1.82, 2.24) is 15.0 Å². The molecule has 0 N–H and O–H groups in total. The first-order valence-electron chi connectivity index (χ1n) is 8.18. The number of hydrogen-bond donors (Lipinski definition) is 0. The average Bonchev–Trinajstić information content (AvgIpc) is 3.00. The van der Waals surface area contributed by atoms with E-state index in [0.29, 0.717) is 36.5 Å². The third-order valence-corrected chi connectivity index (χ3v) is 4.25. The van der Waals surface area contributed by atoms with Gasteiger partial charge in [0.15, 0.2) is 5.82 Å². The molecule has 25 heavy (non-hydrogen) atoms. The molecule has 0 radical (unpaired) electrons. The Balaban J connectivity index is 1.83. The number of carbonyl (C=O) groups excluding carboxylic acids is 1. The largest absolute Gasteiger partial charge is 0.341 e. The first-order valence-corrected chi connectivity index (χ1v) is 8.97. The van der Waals surface area contributed by atoms with Gasteiger partial charge in [-0.15, -0.1) is 0 Å². The van der Waals surface area contributed by atoms with Crippen molar-refractivity contribution in [2.45, 2.75) is 52.0 Å². The molecule has 136 valence electrons. The fourth-order valence-electron chi connectivity index (χ4n) is 2.25. The summed E-state index contributed by atoms with van der Waals surface area (Å²) in [7, 11) is 1.67. The van der Waals surface area contributed by atoms with E-state index in [2.05, 4.69) is 26.1 Å². The number of aryl methyl sites for hydroxylation is 1. The lowest BCUT2D eigenvalue weighted by atomic mass is 9.96. The van der Waals surface area contributed by atoms with Gasteiger partial charge in [0.2, 0.25) is 11.8 Å². The second kappa shape index (κ2) is 8.08. The molecule has 0 unspecified atom stereocenters. The molecule has 0 aliphatic heterocycles. The zero-order valence-corrected chi connectivity index (χ0v) is 16.6. The molecule has 0 fully saturated rings. The van der Waals surface area contributed by atoms with Crippen molar-refractivity contribution in [2.75, 3.05) is 7.05 Å². The van der Waals surface area contributed by atoms with Gasteiger partial charge in [-0.1, -0.05) is 41.9 Å². The smallest absolute Gasteiger partial charge is 0.226 e. The van der Waals surface area contributed by atoms with Crippen LogP contribution in [0.5, 0.6) is 0 Å². The van der Waals surface area contributed by atoms with Crippen LogP contribution in [0.15, 0.2) is 27.2 Å². The Morgan fingerprint density at radius 3 is 2.72 bits per heavy atom. The molecule has 7 heteroatoms. The van der Waals surface area contributed by atoms with Crippen LogP contribution in [0.1, 0.15) is 50.9 Å². The van der Waals surface area contributed by atoms with E-state index in [0.717, 1.165) is 4.47 Å². The van der Waals surface area contributed by atoms with Crippen molar-refractivity contribution in [3.05, 3.63) is 45.8 Å². The van der Waals surface area contributed by atoms with Gasteiger partial charge in [0.05, 0.1) is 0 Å². The zero-order chi connectivity index (χ0) is 18.6. The molecule has 0 aliphatic carbocycles. The predicted octanol–water partition coefficient (Wildman–Crippen LogP) is 4.25. The summed E-state index contributed by atoms with van der Waals surface area (Å²) >= 11 is 3.31. The number of amides is 1. The highest BCUT2D eigenvalue weighted by Gasteiger charge is 2.21. The fraction of sp³-hybridized carbons (Fsp3) is 0.500. The van der Waals surface area contributed by atoms with Crippen molar-refractivity contribution in [3.63, 3.8) is 0 Å². The molecule has 2 rings (SSSR count). The second-order valence-corrected chi connectivity index (χ2v) is 8.02. The van der Waals surface area contributed by atoms with Crippen LogP contribution in [0, 0.1) is 5.82 Å². The Bertz CT molecular complexity index is 740. The number of nitrogens with zero attached hydrogens (tertiary/aromatic N) is 3. The van der Waals surface area contributed by atoms with Crippen molar-refractivity contribution in [1.29, 1.82) is 0 Å². The SMILES string of the molecule is CN(Cc1cc(Br)ccc1F)C(=O)CCCc1nc(C(C)(C)C)no1.